The summed E-state index contributed by atoms with van der Waals surface area (Å²) in [5, 5.41) is 4.95. The van der Waals surface area contributed by atoms with Crippen LogP contribution >= 0.6 is 11.3 Å². The molecule has 0 aliphatic rings. The van der Waals surface area contributed by atoms with Crippen LogP contribution in [0.2, 0.25) is 0 Å². The van der Waals surface area contributed by atoms with E-state index in [-0.39, 0.29) is 5.91 Å². The summed E-state index contributed by atoms with van der Waals surface area (Å²) in [5.41, 5.74) is 1.97. The van der Waals surface area contributed by atoms with Crippen LogP contribution in [-0.4, -0.2) is 23.0 Å². The Hall–Kier alpha value is -2.34. The van der Waals surface area contributed by atoms with Crippen LogP contribution in [0, 0.1) is 6.92 Å². The number of amides is 1. The molecule has 22 heavy (non-hydrogen) atoms. The number of benzene rings is 1. The van der Waals surface area contributed by atoms with Crippen LogP contribution in [0.25, 0.3) is 10.9 Å². The minimum Gasteiger partial charge on any atom is -0.497 e. The number of carbonyl (C=O) groups excluding carboxylic acids is 1. The third-order valence-electron chi connectivity index (χ3n) is 3.45. The summed E-state index contributed by atoms with van der Waals surface area (Å²) in [6.45, 7) is 2.48. The zero-order valence-electron chi connectivity index (χ0n) is 12.5. The van der Waals surface area contributed by atoms with Gasteiger partial charge in [-0.25, -0.2) is 4.98 Å². The van der Waals surface area contributed by atoms with Crippen molar-refractivity contribution in [2.24, 2.45) is 0 Å². The highest BCUT2D eigenvalue weighted by molar-refractivity contribution is 7.11. The normalized spacial score (nSPS) is 10.8. The zero-order chi connectivity index (χ0) is 15.5. The molecular weight excluding hydrogens is 298 g/mol. The molecular formula is C16H17N3O2S. The summed E-state index contributed by atoms with van der Waals surface area (Å²) >= 11 is 1.60. The molecule has 0 aliphatic carbocycles. The van der Waals surface area contributed by atoms with Gasteiger partial charge in [0.2, 0.25) is 5.91 Å². The number of thiazole rings is 1. The Labute approximate surface area is 132 Å². The van der Waals surface area contributed by atoms with Crippen LogP contribution in [0.5, 0.6) is 5.75 Å². The number of H-pyrrole nitrogens is 1. The van der Waals surface area contributed by atoms with Gasteiger partial charge in [-0.05, 0) is 30.7 Å². The SMILES string of the molecule is COc1ccc2[nH]cc(CC(=O)NCc3cnc(C)s3)c2c1. The molecule has 0 saturated carbocycles. The number of carbonyl (C=O) groups is 1. The average molecular weight is 315 g/mol. The second-order valence-electron chi connectivity index (χ2n) is 5.02. The van der Waals surface area contributed by atoms with E-state index in [0.717, 1.165) is 32.1 Å². The standard InChI is InChI=1S/C16H17N3O2S/c1-10-17-8-13(22-10)9-19-16(20)5-11-7-18-15-4-3-12(21-2)6-14(11)15/h3-4,6-8,18H,5,9H2,1-2H3,(H,19,20). The van der Waals surface area contributed by atoms with Crippen molar-refractivity contribution in [2.75, 3.05) is 7.11 Å². The van der Waals surface area contributed by atoms with E-state index in [0.29, 0.717) is 13.0 Å². The summed E-state index contributed by atoms with van der Waals surface area (Å²) in [7, 11) is 1.64. The minimum atomic E-state index is -0.00484. The van der Waals surface area contributed by atoms with Gasteiger partial charge in [0.15, 0.2) is 0 Å². The maximum atomic E-state index is 12.1. The molecule has 0 unspecified atom stereocenters. The predicted octanol–water partition coefficient (Wildman–Crippen LogP) is 2.80. The molecule has 1 amide bonds. The number of aromatic amines is 1. The molecule has 2 N–H and O–H groups in total. The molecule has 3 aromatic rings. The molecule has 0 bridgehead atoms. The van der Waals surface area contributed by atoms with Gasteiger partial charge in [-0.15, -0.1) is 11.3 Å². The van der Waals surface area contributed by atoms with Crippen LogP contribution in [0.1, 0.15) is 15.4 Å². The van der Waals surface area contributed by atoms with E-state index >= 15 is 0 Å². The second kappa shape index (κ2) is 6.19. The number of ether oxygens (including phenoxy) is 1. The Morgan fingerprint density at radius 3 is 3.05 bits per heavy atom. The van der Waals surface area contributed by atoms with Crippen molar-refractivity contribution in [3.8, 4) is 5.75 Å². The van der Waals surface area contributed by atoms with Gasteiger partial charge in [0.1, 0.15) is 5.75 Å². The van der Waals surface area contributed by atoms with Crippen LogP contribution in [0.4, 0.5) is 0 Å². The van der Waals surface area contributed by atoms with Crippen molar-refractivity contribution in [1.82, 2.24) is 15.3 Å². The molecule has 0 radical (unpaired) electrons. The van der Waals surface area contributed by atoms with E-state index < -0.39 is 0 Å². The van der Waals surface area contributed by atoms with Crippen molar-refractivity contribution in [3.05, 3.63) is 46.0 Å². The second-order valence-corrected chi connectivity index (χ2v) is 6.34. The molecule has 0 fully saturated rings. The molecule has 114 valence electrons. The minimum absolute atomic E-state index is 0.00484. The molecule has 5 nitrogen and oxygen atoms in total. The number of methoxy groups -OCH3 is 1. The number of fused-ring (bicyclic) bond motifs is 1. The van der Waals surface area contributed by atoms with Crippen molar-refractivity contribution in [2.45, 2.75) is 19.9 Å². The van der Waals surface area contributed by atoms with Crippen molar-refractivity contribution in [1.29, 1.82) is 0 Å². The number of hydrogen-bond donors (Lipinski definition) is 2. The fraction of sp³-hybridized carbons (Fsp3) is 0.250. The van der Waals surface area contributed by atoms with Crippen LogP contribution < -0.4 is 10.1 Å². The van der Waals surface area contributed by atoms with E-state index in [1.807, 2.05) is 31.3 Å². The number of aryl methyl sites for hydroxylation is 1. The quantitative estimate of drug-likeness (QED) is 0.761. The molecule has 0 atom stereocenters. The predicted molar refractivity (Wildman–Crippen MR) is 87.3 cm³/mol. The lowest BCUT2D eigenvalue weighted by atomic mass is 10.1. The molecule has 1 aromatic carbocycles. The van der Waals surface area contributed by atoms with E-state index in [1.54, 1.807) is 24.6 Å². The lowest BCUT2D eigenvalue weighted by molar-refractivity contribution is -0.120. The largest absolute Gasteiger partial charge is 0.497 e. The Kier molecular flexibility index (Phi) is 4.11. The van der Waals surface area contributed by atoms with Crippen LogP contribution in [-0.2, 0) is 17.8 Å². The number of hydrogen-bond acceptors (Lipinski definition) is 4. The number of rotatable bonds is 5. The smallest absolute Gasteiger partial charge is 0.224 e. The number of nitrogens with zero attached hydrogens (tertiary/aromatic N) is 1. The molecule has 6 heteroatoms. The molecule has 0 spiro atoms. The van der Waals surface area contributed by atoms with Crippen molar-refractivity contribution >= 4 is 28.1 Å². The van der Waals surface area contributed by atoms with Crippen LogP contribution in [0.15, 0.2) is 30.6 Å². The summed E-state index contributed by atoms with van der Waals surface area (Å²) in [5.74, 6) is 0.781. The first kappa shape index (κ1) is 14.6. The van der Waals surface area contributed by atoms with Crippen molar-refractivity contribution < 1.29 is 9.53 Å². The van der Waals surface area contributed by atoms with E-state index in [1.165, 1.54) is 0 Å². The first-order chi connectivity index (χ1) is 10.7. The number of nitrogens with one attached hydrogen (secondary N) is 2. The highest BCUT2D eigenvalue weighted by Crippen LogP contribution is 2.24. The summed E-state index contributed by atoms with van der Waals surface area (Å²) < 4.78 is 5.24. The van der Waals surface area contributed by atoms with Gasteiger partial charge >= 0.3 is 0 Å². The van der Waals surface area contributed by atoms with Crippen LogP contribution in [0.3, 0.4) is 0 Å². The summed E-state index contributed by atoms with van der Waals surface area (Å²) in [6, 6.07) is 5.80. The lowest BCUT2D eigenvalue weighted by Gasteiger charge is -2.04. The zero-order valence-corrected chi connectivity index (χ0v) is 13.3. The maximum absolute atomic E-state index is 12.1. The molecule has 2 aromatic heterocycles. The molecule has 0 saturated heterocycles. The fourth-order valence-corrected chi connectivity index (χ4v) is 3.07. The van der Waals surface area contributed by atoms with Gasteiger partial charge in [-0.1, -0.05) is 0 Å². The average Bonchev–Trinajstić information content (AvgIpc) is 3.11. The third-order valence-corrected chi connectivity index (χ3v) is 4.37. The summed E-state index contributed by atoms with van der Waals surface area (Å²) in [6.07, 6.45) is 4.02. The van der Waals surface area contributed by atoms with Gasteiger partial charge in [0, 0.05) is 28.2 Å². The van der Waals surface area contributed by atoms with Gasteiger partial charge in [-0.3, -0.25) is 4.79 Å². The Balaban J connectivity index is 1.68. The molecule has 0 aliphatic heterocycles. The molecule has 3 rings (SSSR count). The Morgan fingerprint density at radius 2 is 2.32 bits per heavy atom. The van der Waals surface area contributed by atoms with E-state index in [9.17, 15) is 4.79 Å². The highest BCUT2D eigenvalue weighted by Gasteiger charge is 2.10. The van der Waals surface area contributed by atoms with Gasteiger partial charge < -0.3 is 15.0 Å². The van der Waals surface area contributed by atoms with Gasteiger partial charge in [0.05, 0.1) is 25.1 Å². The Bertz CT molecular complexity index is 807. The van der Waals surface area contributed by atoms with E-state index in [4.69, 9.17) is 4.74 Å². The first-order valence-electron chi connectivity index (χ1n) is 6.97. The third kappa shape index (κ3) is 3.12. The topological polar surface area (TPSA) is 67.0 Å². The summed E-state index contributed by atoms with van der Waals surface area (Å²) in [4.78, 5) is 20.5. The fourth-order valence-electron chi connectivity index (χ4n) is 2.34. The number of aromatic nitrogens is 2. The molecule has 2 heterocycles. The van der Waals surface area contributed by atoms with E-state index in [2.05, 4.69) is 15.3 Å². The monoisotopic (exact) mass is 315 g/mol. The van der Waals surface area contributed by atoms with Gasteiger partial charge in [-0.2, -0.15) is 0 Å². The first-order valence-corrected chi connectivity index (χ1v) is 7.79. The van der Waals surface area contributed by atoms with Gasteiger partial charge in [0.25, 0.3) is 0 Å². The maximum Gasteiger partial charge on any atom is 0.224 e. The Morgan fingerprint density at radius 1 is 1.45 bits per heavy atom. The van der Waals surface area contributed by atoms with Crippen molar-refractivity contribution in [3.63, 3.8) is 0 Å². The highest BCUT2D eigenvalue weighted by atomic mass is 32.1. The lowest BCUT2D eigenvalue weighted by Crippen LogP contribution is -2.24.